The minimum Gasteiger partial charge on any atom is -0.352 e. The van der Waals surface area contributed by atoms with Gasteiger partial charge >= 0.3 is 0 Å². The Morgan fingerprint density at radius 3 is 2.60 bits per heavy atom. The normalized spacial score (nSPS) is 9.50. The molecule has 1 aromatic rings. The Labute approximate surface area is 125 Å². The highest BCUT2D eigenvalue weighted by atomic mass is 35.5. The van der Waals surface area contributed by atoms with Gasteiger partial charge in [-0.05, 0) is 31.2 Å². The predicted molar refractivity (Wildman–Crippen MR) is 82.1 cm³/mol. The Balaban J connectivity index is 0.00000361. The van der Waals surface area contributed by atoms with Gasteiger partial charge in [0.25, 0.3) is 5.91 Å². The second-order valence-corrected chi connectivity index (χ2v) is 4.26. The van der Waals surface area contributed by atoms with Gasteiger partial charge in [-0.25, -0.2) is 0 Å². The summed E-state index contributed by atoms with van der Waals surface area (Å²) in [4.78, 5) is 23.1. The van der Waals surface area contributed by atoms with Crippen molar-refractivity contribution in [1.82, 2.24) is 16.0 Å². The predicted octanol–water partition coefficient (Wildman–Crippen LogP) is 1.08. The van der Waals surface area contributed by atoms with Gasteiger partial charge in [0.1, 0.15) is 0 Å². The summed E-state index contributed by atoms with van der Waals surface area (Å²) in [6.07, 6.45) is 0.908. The molecule has 0 aliphatic rings. The molecule has 0 radical (unpaired) electrons. The second kappa shape index (κ2) is 10.2. The first-order valence-electron chi connectivity index (χ1n) is 6.45. The lowest BCUT2D eigenvalue weighted by Gasteiger charge is -2.07. The summed E-state index contributed by atoms with van der Waals surface area (Å²) < 4.78 is 0. The second-order valence-electron chi connectivity index (χ2n) is 4.26. The molecule has 0 heterocycles. The fraction of sp³-hybridized carbons (Fsp3) is 0.429. The van der Waals surface area contributed by atoms with E-state index in [1.54, 1.807) is 19.2 Å². The molecule has 0 saturated carbocycles. The van der Waals surface area contributed by atoms with Crippen LogP contribution in [0.1, 0.15) is 29.3 Å². The number of hydrogen-bond donors (Lipinski definition) is 3. The summed E-state index contributed by atoms with van der Waals surface area (Å²) in [5, 5.41) is 8.38. The number of rotatable bonds is 7. The van der Waals surface area contributed by atoms with E-state index in [-0.39, 0.29) is 30.8 Å². The third kappa shape index (κ3) is 6.54. The van der Waals surface area contributed by atoms with Gasteiger partial charge in [0.2, 0.25) is 5.91 Å². The summed E-state index contributed by atoms with van der Waals surface area (Å²) in [7, 11) is 1.72. The van der Waals surface area contributed by atoms with Crippen molar-refractivity contribution in [2.24, 2.45) is 0 Å². The molecule has 3 N–H and O–H groups in total. The maximum absolute atomic E-state index is 11.8. The van der Waals surface area contributed by atoms with Crippen molar-refractivity contribution in [1.29, 1.82) is 0 Å². The Kier molecular flexibility index (Phi) is 9.41. The summed E-state index contributed by atoms with van der Waals surface area (Å²) >= 11 is 0. The van der Waals surface area contributed by atoms with Gasteiger partial charge in [-0.2, -0.15) is 0 Å². The minimum atomic E-state index is -0.0785. The van der Waals surface area contributed by atoms with Crippen LogP contribution in [0, 0.1) is 0 Å². The van der Waals surface area contributed by atoms with Crippen molar-refractivity contribution in [3.63, 3.8) is 0 Å². The van der Waals surface area contributed by atoms with Crippen molar-refractivity contribution in [2.45, 2.75) is 19.9 Å². The van der Waals surface area contributed by atoms with E-state index in [9.17, 15) is 9.59 Å². The van der Waals surface area contributed by atoms with Crippen LogP contribution in [0.25, 0.3) is 0 Å². The highest BCUT2D eigenvalue weighted by Gasteiger charge is 2.05. The highest BCUT2D eigenvalue weighted by molar-refractivity contribution is 5.94. The van der Waals surface area contributed by atoms with Crippen LogP contribution in [0.15, 0.2) is 24.3 Å². The molecule has 1 rings (SSSR count). The molecule has 0 saturated heterocycles. The third-order valence-electron chi connectivity index (χ3n) is 2.55. The summed E-state index contributed by atoms with van der Waals surface area (Å²) in [6, 6.07) is 7.27. The smallest absolute Gasteiger partial charge is 0.251 e. The Bertz CT molecular complexity index is 438. The molecule has 0 fully saturated rings. The standard InChI is InChI=1S/C14H21N3O2.ClH/c1-3-7-16-14(19)12-6-4-5-11(8-12)9-17-13(18)10-15-2;/h4-6,8,15H,3,7,9-10H2,1-2H3,(H,16,19)(H,17,18);1H. The third-order valence-corrected chi connectivity index (χ3v) is 2.55. The molecule has 0 aromatic heterocycles. The molecule has 20 heavy (non-hydrogen) atoms. The van der Waals surface area contributed by atoms with Gasteiger partial charge in [0.15, 0.2) is 0 Å². The fourth-order valence-electron chi connectivity index (χ4n) is 1.59. The molecule has 112 valence electrons. The topological polar surface area (TPSA) is 70.2 Å². The van der Waals surface area contributed by atoms with E-state index in [0.717, 1.165) is 12.0 Å². The number of halogens is 1. The number of nitrogens with one attached hydrogen (secondary N) is 3. The number of hydrogen-bond acceptors (Lipinski definition) is 3. The van der Waals surface area contributed by atoms with E-state index in [2.05, 4.69) is 16.0 Å². The van der Waals surface area contributed by atoms with Gasteiger partial charge in [0, 0.05) is 18.7 Å². The van der Waals surface area contributed by atoms with Crippen molar-refractivity contribution in [2.75, 3.05) is 20.1 Å². The quantitative estimate of drug-likeness (QED) is 0.706. The van der Waals surface area contributed by atoms with Crippen LogP contribution in [-0.2, 0) is 11.3 Å². The van der Waals surface area contributed by atoms with E-state index >= 15 is 0 Å². The first-order valence-corrected chi connectivity index (χ1v) is 6.45. The van der Waals surface area contributed by atoms with Gasteiger partial charge in [0.05, 0.1) is 6.54 Å². The van der Waals surface area contributed by atoms with E-state index in [0.29, 0.717) is 18.7 Å². The zero-order chi connectivity index (χ0) is 14.1. The Morgan fingerprint density at radius 2 is 1.95 bits per heavy atom. The maximum atomic E-state index is 11.8. The lowest BCUT2D eigenvalue weighted by molar-refractivity contribution is -0.120. The maximum Gasteiger partial charge on any atom is 0.251 e. The van der Waals surface area contributed by atoms with Crippen molar-refractivity contribution >= 4 is 24.2 Å². The molecule has 0 bridgehead atoms. The average Bonchev–Trinajstić information content (AvgIpc) is 2.43. The summed E-state index contributed by atoms with van der Waals surface area (Å²) in [5.41, 5.74) is 1.53. The molecule has 6 heteroatoms. The van der Waals surface area contributed by atoms with Crippen LogP contribution in [0.2, 0.25) is 0 Å². The molecular weight excluding hydrogens is 278 g/mol. The molecule has 1 aromatic carbocycles. The van der Waals surface area contributed by atoms with E-state index in [1.807, 2.05) is 19.1 Å². The fourth-order valence-corrected chi connectivity index (χ4v) is 1.59. The summed E-state index contributed by atoms with van der Waals surface area (Å²) in [5.74, 6) is -0.145. The van der Waals surface area contributed by atoms with Crippen molar-refractivity contribution in [3.8, 4) is 0 Å². The van der Waals surface area contributed by atoms with Crippen LogP contribution < -0.4 is 16.0 Å². The minimum absolute atomic E-state index is 0. The van der Waals surface area contributed by atoms with E-state index in [4.69, 9.17) is 0 Å². The van der Waals surface area contributed by atoms with E-state index < -0.39 is 0 Å². The van der Waals surface area contributed by atoms with Crippen LogP contribution in [-0.4, -0.2) is 32.0 Å². The number of likely N-dealkylation sites (N-methyl/N-ethyl adjacent to an activating group) is 1. The van der Waals surface area contributed by atoms with Gasteiger partial charge in [-0.3, -0.25) is 9.59 Å². The van der Waals surface area contributed by atoms with Crippen molar-refractivity contribution in [3.05, 3.63) is 35.4 Å². The van der Waals surface area contributed by atoms with Crippen LogP contribution >= 0.6 is 12.4 Å². The van der Waals surface area contributed by atoms with Crippen molar-refractivity contribution < 1.29 is 9.59 Å². The average molecular weight is 300 g/mol. The first-order chi connectivity index (χ1) is 9.17. The number of carbonyl (C=O) groups excluding carboxylic acids is 2. The zero-order valence-corrected chi connectivity index (χ0v) is 12.7. The van der Waals surface area contributed by atoms with Crippen LogP contribution in [0.5, 0.6) is 0 Å². The highest BCUT2D eigenvalue weighted by Crippen LogP contribution is 2.05. The Morgan fingerprint density at radius 1 is 1.20 bits per heavy atom. The zero-order valence-electron chi connectivity index (χ0n) is 11.9. The van der Waals surface area contributed by atoms with Gasteiger partial charge < -0.3 is 16.0 Å². The first kappa shape index (κ1) is 18.4. The molecule has 5 nitrogen and oxygen atoms in total. The lowest BCUT2D eigenvalue weighted by Crippen LogP contribution is -2.31. The van der Waals surface area contributed by atoms with Crippen LogP contribution in [0.4, 0.5) is 0 Å². The Hall–Kier alpha value is -1.59. The number of benzene rings is 1. The molecule has 0 aliphatic heterocycles. The number of amides is 2. The van der Waals surface area contributed by atoms with Gasteiger partial charge in [-0.1, -0.05) is 19.1 Å². The molecule has 2 amide bonds. The lowest BCUT2D eigenvalue weighted by atomic mass is 10.1. The molecule has 0 atom stereocenters. The molecule has 0 aliphatic carbocycles. The summed E-state index contributed by atoms with van der Waals surface area (Å²) in [6.45, 7) is 3.39. The number of carbonyl (C=O) groups is 2. The van der Waals surface area contributed by atoms with E-state index in [1.165, 1.54) is 0 Å². The van der Waals surface area contributed by atoms with Crippen LogP contribution in [0.3, 0.4) is 0 Å². The molecule has 0 unspecified atom stereocenters. The van der Waals surface area contributed by atoms with Gasteiger partial charge in [-0.15, -0.1) is 12.4 Å². The SMILES string of the molecule is CCCNC(=O)c1cccc(CNC(=O)CNC)c1.Cl. The largest absolute Gasteiger partial charge is 0.352 e. The molecular formula is C14H22ClN3O2. The monoisotopic (exact) mass is 299 g/mol. The molecule has 0 spiro atoms.